The molecule has 0 spiro atoms. The van der Waals surface area contributed by atoms with Crippen LogP contribution in [-0.4, -0.2) is 65.9 Å². The van der Waals surface area contributed by atoms with Crippen LogP contribution in [0.3, 0.4) is 0 Å². The van der Waals surface area contributed by atoms with Gasteiger partial charge in [-0.3, -0.25) is 0 Å². The van der Waals surface area contributed by atoms with Crippen LogP contribution in [-0.2, 0) is 14.0 Å². The SMILES string of the molecule is CCCCOCCOCCOP(O)O.[H-].[H-].[Mg+2]. The fourth-order valence-electron chi connectivity index (χ4n) is 0.746. The van der Waals surface area contributed by atoms with Crippen LogP contribution < -0.4 is 0 Å². The average Bonchev–Trinajstić information content (AvgIpc) is 2.15. The van der Waals surface area contributed by atoms with E-state index in [0.29, 0.717) is 19.8 Å². The van der Waals surface area contributed by atoms with Gasteiger partial charge in [0, 0.05) is 6.61 Å². The van der Waals surface area contributed by atoms with Crippen molar-refractivity contribution in [3.8, 4) is 0 Å². The Morgan fingerprint density at radius 1 is 1.00 bits per heavy atom. The summed E-state index contributed by atoms with van der Waals surface area (Å²) in [7, 11) is -2.24. The van der Waals surface area contributed by atoms with Crippen LogP contribution in [0.2, 0.25) is 0 Å². The zero-order valence-corrected chi connectivity index (χ0v) is 11.5. The van der Waals surface area contributed by atoms with E-state index in [2.05, 4.69) is 11.4 Å². The molecule has 15 heavy (non-hydrogen) atoms. The molecule has 0 rings (SSSR count). The molecule has 0 aliphatic carbocycles. The Balaban J connectivity index is -0.000000282. The van der Waals surface area contributed by atoms with E-state index in [-0.39, 0.29) is 32.5 Å². The molecule has 7 heteroatoms. The minimum Gasteiger partial charge on any atom is -1.00 e. The van der Waals surface area contributed by atoms with E-state index in [0.717, 1.165) is 19.4 Å². The average molecular weight is 253 g/mol. The fraction of sp³-hybridized carbons (Fsp3) is 1.00. The van der Waals surface area contributed by atoms with Gasteiger partial charge in [-0.25, -0.2) is 0 Å². The van der Waals surface area contributed by atoms with Crippen molar-refractivity contribution in [2.75, 3.05) is 33.0 Å². The number of ether oxygens (including phenoxy) is 2. The smallest absolute Gasteiger partial charge is 1.00 e. The topological polar surface area (TPSA) is 68.2 Å². The van der Waals surface area contributed by atoms with Gasteiger partial charge in [0.15, 0.2) is 0 Å². The van der Waals surface area contributed by atoms with Crippen LogP contribution >= 0.6 is 8.60 Å². The van der Waals surface area contributed by atoms with Gasteiger partial charge in [-0.2, -0.15) is 0 Å². The Kier molecular flexibility index (Phi) is 18.4. The van der Waals surface area contributed by atoms with Gasteiger partial charge < -0.3 is 26.6 Å². The minimum atomic E-state index is -2.24. The van der Waals surface area contributed by atoms with E-state index >= 15 is 0 Å². The largest absolute Gasteiger partial charge is 2.00 e. The Bertz CT molecular complexity index is 126. The first-order chi connectivity index (χ1) is 6.77. The summed E-state index contributed by atoms with van der Waals surface area (Å²) in [6.45, 7) is 4.54. The van der Waals surface area contributed by atoms with Crippen LogP contribution in [0.15, 0.2) is 0 Å². The van der Waals surface area contributed by atoms with E-state index in [1.165, 1.54) is 0 Å². The van der Waals surface area contributed by atoms with Gasteiger partial charge >= 0.3 is 31.7 Å². The fourth-order valence-corrected chi connectivity index (χ4v) is 0.984. The van der Waals surface area contributed by atoms with Crippen molar-refractivity contribution in [2.24, 2.45) is 0 Å². The standard InChI is InChI=1S/C8H19O5P.Mg.2H/c1-2-3-4-11-5-6-12-7-8-13-14(9)10;;;/h9-10H,2-8H2,1H3;;;/q;+2;2*-1. The molecule has 5 nitrogen and oxygen atoms in total. The van der Waals surface area contributed by atoms with Crippen LogP contribution in [0.25, 0.3) is 0 Å². The second kappa shape index (κ2) is 15.0. The first-order valence-electron chi connectivity index (χ1n) is 4.73. The molecule has 0 aromatic heterocycles. The summed E-state index contributed by atoms with van der Waals surface area (Å²) in [6, 6.07) is 0. The maximum atomic E-state index is 8.37. The van der Waals surface area contributed by atoms with Crippen molar-refractivity contribution in [2.45, 2.75) is 19.8 Å². The minimum absolute atomic E-state index is 0. The van der Waals surface area contributed by atoms with Gasteiger partial charge in [-0.15, -0.1) is 0 Å². The molecule has 0 aliphatic rings. The monoisotopic (exact) mass is 252 g/mol. The summed E-state index contributed by atoms with van der Waals surface area (Å²) in [5.74, 6) is 0. The molecule has 0 aliphatic heterocycles. The first-order valence-corrected chi connectivity index (χ1v) is 5.90. The second-order valence-corrected chi connectivity index (χ2v) is 3.43. The maximum Gasteiger partial charge on any atom is 2.00 e. The van der Waals surface area contributed by atoms with Gasteiger partial charge in [0.05, 0.1) is 26.4 Å². The van der Waals surface area contributed by atoms with Gasteiger partial charge in [0.1, 0.15) is 0 Å². The predicted octanol–water partition coefficient (Wildman–Crippen LogP) is 0.892. The van der Waals surface area contributed by atoms with E-state index in [4.69, 9.17) is 19.3 Å². The van der Waals surface area contributed by atoms with E-state index in [1.54, 1.807) is 0 Å². The first kappa shape index (κ1) is 18.4. The Morgan fingerprint density at radius 2 is 1.53 bits per heavy atom. The summed E-state index contributed by atoms with van der Waals surface area (Å²) in [5, 5.41) is 0. The third kappa shape index (κ3) is 17.6. The van der Waals surface area contributed by atoms with E-state index in [1.807, 2.05) is 0 Å². The Morgan fingerprint density at radius 3 is 2.07 bits per heavy atom. The molecule has 0 saturated heterocycles. The molecule has 0 fully saturated rings. The molecule has 0 radical (unpaired) electrons. The van der Waals surface area contributed by atoms with Gasteiger partial charge in [0.25, 0.3) is 0 Å². The van der Waals surface area contributed by atoms with Crippen molar-refractivity contribution in [3.05, 3.63) is 0 Å². The second-order valence-electron chi connectivity index (χ2n) is 2.66. The van der Waals surface area contributed by atoms with Crippen molar-refractivity contribution in [3.63, 3.8) is 0 Å². The molecular formula is C8H21MgO5P. The normalized spacial score (nSPS) is 10.4. The predicted molar refractivity (Wildman–Crippen MR) is 61.8 cm³/mol. The molecule has 0 atom stereocenters. The molecule has 2 N–H and O–H groups in total. The maximum absolute atomic E-state index is 8.37. The molecule has 0 heterocycles. The van der Waals surface area contributed by atoms with Crippen molar-refractivity contribution in [1.29, 1.82) is 0 Å². The van der Waals surface area contributed by atoms with Crippen molar-refractivity contribution in [1.82, 2.24) is 0 Å². The van der Waals surface area contributed by atoms with Gasteiger partial charge in [-0.05, 0) is 6.42 Å². The summed E-state index contributed by atoms with van der Waals surface area (Å²) in [5.41, 5.74) is 0. The summed E-state index contributed by atoms with van der Waals surface area (Å²) in [4.78, 5) is 16.7. The zero-order valence-electron chi connectivity index (χ0n) is 11.2. The number of unbranched alkanes of at least 4 members (excludes halogenated alkanes) is 1. The molecule has 0 amide bonds. The van der Waals surface area contributed by atoms with Crippen LogP contribution in [0.1, 0.15) is 22.6 Å². The molecule has 0 bridgehead atoms. The third-order valence-corrected chi connectivity index (χ3v) is 1.86. The molecule has 0 unspecified atom stereocenters. The third-order valence-electron chi connectivity index (χ3n) is 1.45. The van der Waals surface area contributed by atoms with Gasteiger partial charge in [-0.1, -0.05) is 13.3 Å². The molecular weight excluding hydrogens is 231 g/mol. The number of hydrogen-bond acceptors (Lipinski definition) is 5. The van der Waals surface area contributed by atoms with Crippen LogP contribution in [0, 0.1) is 0 Å². The van der Waals surface area contributed by atoms with Gasteiger partial charge in [0.2, 0.25) is 0 Å². The molecule has 0 aromatic rings. The van der Waals surface area contributed by atoms with Crippen LogP contribution in [0.5, 0.6) is 0 Å². The summed E-state index contributed by atoms with van der Waals surface area (Å²) < 4.78 is 14.8. The molecule has 90 valence electrons. The van der Waals surface area contributed by atoms with E-state index < -0.39 is 8.60 Å². The van der Waals surface area contributed by atoms with Crippen LogP contribution in [0.4, 0.5) is 0 Å². The molecule has 0 saturated carbocycles. The zero-order chi connectivity index (χ0) is 10.6. The number of rotatable bonds is 10. The van der Waals surface area contributed by atoms with E-state index in [9.17, 15) is 0 Å². The Hall–Kier alpha value is 0.996. The van der Waals surface area contributed by atoms with Crippen molar-refractivity contribution < 1.29 is 26.6 Å². The summed E-state index contributed by atoms with van der Waals surface area (Å²) in [6.07, 6.45) is 2.20. The number of hydrogen-bond donors (Lipinski definition) is 2. The quantitative estimate of drug-likeness (QED) is 0.343. The molecule has 0 aromatic carbocycles. The Labute approximate surface area is 111 Å². The summed E-state index contributed by atoms with van der Waals surface area (Å²) >= 11 is 0. The van der Waals surface area contributed by atoms with Crippen molar-refractivity contribution >= 4 is 31.7 Å².